The average molecular weight is 416 g/mol. The summed E-state index contributed by atoms with van der Waals surface area (Å²) in [4.78, 5) is 31.2. The van der Waals surface area contributed by atoms with Crippen LogP contribution in [0.2, 0.25) is 0 Å². The number of hydrogen-bond acceptors (Lipinski definition) is 6. The summed E-state index contributed by atoms with van der Waals surface area (Å²) in [5.74, 6) is 0. The molecule has 0 radical (unpaired) electrons. The van der Waals surface area contributed by atoms with Gasteiger partial charge in [-0.1, -0.05) is 6.07 Å². The number of aldehydes is 1. The fourth-order valence-electron chi connectivity index (χ4n) is 3.44. The van der Waals surface area contributed by atoms with Crippen LogP contribution >= 0.6 is 0 Å². The Bertz CT molecular complexity index is 1180. The van der Waals surface area contributed by atoms with E-state index >= 15 is 0 Å². The zero-order valence-electron chi connectivity index (χ0n) is 18.6. The molecule has 3 rings (SSSR count). The van der Waals surface area contributed by atoms with Gasteiger partial charge < -0.3 is 19.4 Å². The van der Waals surface area contributed by atoms with Crippen LogP contribution in [0.4, 0.5) is 5.69 Å². The molecule has 30 heavy (non-hydrogen) atoms. The summed E-state index contributed by atoms with van der Waals surface area (Å²) in [5, 5.41) is 18.7. The van der Waals surface area contributed by atoms with Gasteiger partial charge in [0.15, 0.2) is 5.43 Å². The Balaban J connectivity index is 0.00000146. The van der Waals surface area contributed by atoms with Crippen LogP contribution in [0.25, 0.3) is 21.9 Å². The Morgan fingerprint density at radius 2 is 1.80 bits per heavy atom. The van der Waals surface area contributed by atoms with Crippen LogP contribution in [-0.4, -0.2) is 37.0 Å². The number of rotatable bonds is 4. The molecule has 1 aromatic carbocycles. The third-order valence-electron chi connectivity index (χ3n) is 4.87. The molecule has 0 saturated carbocycles. The first-order chi connectivity index (χ1) is 13.7. The largest absolute Gasteiger partial charge is 1.00 e. The molecule has 2 heterocycles. The van der Waals surface area contributed by atoms with Gasteiger partial charge in [0.05, 0.1) is 40.3 Å². The van der Waals surface area contributed by atoms with E-state index in [0.29, 0.717) is 27.6 Å². The average Bonchev–Trinajstić information content (AvgIpc) is 2.71. The second kappa shape index (κ2) is 10.2. The smallest absolute Gasteiger partial charge is 0.857 e. The first kappa shape index (κ1) is 25.8. The topological polar surface area (TPSA) is 102 Å². The van der Waals surface area contributed by atoms with Gasteiger partial charge in [-0.2, -0.15) is 12.4 Å². The normalized spacial score (nSPS) is 10.6. The van der Waals surface area contributed by atoms with Gasteiger partial charge >= 0.3 is 29.6 Å². The van der Waals surface area contributed by atoms with Crippen LogP contribution in [0, 0.1) is 18.3 Å². The van der Waals surface area contributed by atoms with Crippen molar-refractivity contribution in [3.05, 3.63) is 45.7 Å². The monoisotopic (exact) mass is 416 g/mol. The van der Waals surface area contributed by atoms with E-state index in [4.69, 9.17) is 5.11 Å². The summed E-state index contributed by atoms with van der Waals surface area (Å²) in [6, 6.07) is 9.37. The van der Waals surface area contributed by atoms with Crippen molar-refractivity contribution in [1.82, 2.24) is 9.55 Å². The van der Waals surface area contributed by atoms with Crippen molar-refractivity contribution in [3.63, 3.8) is 0 Å². The van der Waals surface area contributed by atoms with Crippen LogP contribution < -0.4 is 45.0 Å². The van der Waals surface area contributed by atoms with Crippen molar-refractivity contribution in [2.45, 2.75) is 32.7 Å². The first-order valence-electron chi connectivity index (χ1n) is 9.13. The number of pyridine rings is 2. The quantitative estimate of drug-likeness (QED) is 0.304. The Labute approximate surface area is 198 Å². The van der Waals surface area contributed by atoms with E-state index in [0.717, 1.165) is 24.6 Å². The number of nitrogens with zero attached hydrogens (tertiary/aromatic N) is 4. The molecular formula is C22H25N4NaO3. The molecule has 0 N–H and O–H groups in total. The van der Waals surface area contributed by atoms with Gasteiger partial charge in [-0.15, -0.1) is 0 Å². The summed E-state index contributed by atoms with van der Waals surface area (Å²) < 4.78 is 1.78. The van der Waals surface area contributed by atoms with Gasteiger partial charge in [0.25, 0.3) is 0 Å². The van der Waals surface area contributed by atoms with Gasteiger partial charge in [0.1, 0.15) is 11.9 Å². The molecule has 0 aliphatic carbocycles. The maximum atomic E-state index is 13.1. The van der Waals surface area contributed by atoms with E-state index in [1.807, 2.05) is 32.0 Å². The minimum atomic E-state index is -0.803. The van der Waals surface area contributed by atoms with Gasteiger partial charge in [-0.25, -0.2) is 4.98 Å². The van der Waals surface area contributed by atoms with Crippen molar-refractivity contribution in [2.24, 2.45) is 0 Å². The van der Waals surface area contributed by atoms with Crippen LogP contribution in [0.5, 0.6) is 0 Å². The van der Waals surface area contributed by atoms with Crippen LogP contribution in [0.15, 0.2) is 29.1 Å². The van der Waals surface area contributed by atoms with Crippen LogP contribution in [0.1, 0.15) is 25.1 Å². The van der Waals surface area contributed by atoms with Gasteiger partial charge in [-0.05, 0) is 44.5 Å². The second-order valence-corrected chi connectivity index (χ2v) is 7.43. The van der Waals surface area contributed by atoms with Crippen molar-refractivity contribution in [2.75, 3.05) is 26.1 Å². The SMILES string of the molecule is C[O-].Cc1ccc2c(=O)c3ccc(C(C)(C)C#N)nc3n(CC=O)c2c1N(C)C.[Na+]. The van der Waals surface area contributed by atoms with Gasteiger partial charge in [0.2, 0.25) is 0 Å². The summed E-state index contributed by atoms with van der Waals surface area (Å²) in [6.07, 6.45) is 0.801. The number of hydrogen-bond donors (Lipinski definition) is 0. The maximum Gasteiger partial charge on any atom is 1.00 e. The molecule has 0 aliphatic rings. The Morgan fingerprint density at radius 3 is 2.33 bits per heavy atom. The number of aromatic nitrogens is 2. The van der Waals surface area contributed by atoms with E-state index < -0.39 is 5.41 Å². The molecular weight excluding hydrogens is 391 g/mol. The first-order valence-corrected chi connectivity index (χ1v) is 9.13. The van der Waals surface area contributed by atoms with Crippen molar-refractivity contribution in [1.29, 1.82) is 5.26 Å². The van der Waals surface area contributed by atoms with Crippen LogP contribution in [0.3, 0.4) is 0 Å². The maximum absolute atomic E-state index is 13.1. The van der Waals surface area contributed by atoms with E-state index in [-0.39, 0.29) is 41.5 Å². The molecule has 0 fully saturated rings. The molecule has 0 aliphatic heterocycles. The number of carbonyl (C=O) groups excluding carboxylic acids is 1. The fraction of sp³-hybridized carbons (Fsp3) is 0.364. The number of benzene rings is 1. The number of nitriles is 1. The second-order valence-electron chi connectivity index (χ2n) is 7.43. The third-order valence-corrected chi connectivity index (χ3v) is 4.87. The Morgan fingerprint density at radius 1 is 1.20 bits per heavy atom. The molecule has 152 valence electrons. The number of fused-ring (bicyclic) bond motifs is 2. The number of aryl methyl sites for hydroxylation is 1. The molecule has 0 amide bonds. The standard InChI is InChI=1S/C21H22N4O2.CH3O.Na/c1-13-6-7-14-18(17(13)24(4)5)25(10-11-26)20-15(19(14)27)8-9-16(23-20)21(2,3)12-22;1-2;/h6-9,11H,10H2,1-5H3;1H3;/q;-1;+1. The molecule has 0 saturated heterocycles. The van der Waals surface area contributed by atoms with Crippen molar-refractivity contribution >= 4 is 33.9 Å². The predicted molar refractivity (Wildman–Crippen MR) is 113 cm³/mol. The molecule has 2 aromatic heterocycles. The Hall–Kier alpha value is -2.24. The molecule has 0 unspecified atom stereocenters. The van der Waals surface area contributed by atoms with Crippen LogP contribution in [-0.2, 0) is 16.8 Å². The van der Waals surface area contributed by atoms with Crippen molar-refractivity contribution < 1.29 is 39.5 Å². The fourth-order valence-corrected chi connectivity index (χ4v) is 3.44. The minimum Gasteiger partial charge on any atom is -0.857 e. The Kier molecular flexibility index (Phi) is 8.76. The minimum absolute atomic E-state index is 0. The summed E-state index contributed by atoms with van der Waals surface area (Å²) in [6.45, 7) is 5.60. The van der Waals surface area contributed by atoms with Gasteiger partial charge in [-0.3, -0.25) is 4.79 Å². The third kappa shape index (κ3) is 4.42. The number of anilines is 1. The summed E-state index contributed by atoms with van der Waals surface area (Å²) in [5.41, 5.74) is 2.62. The molecule has 0 bridgehead atoms. The number of carbonyl (C=O) groups is 1. The van der Waals surface area contributed by atoms with Crippen molar-refractivity contribution in [3.8, 4) is 6.07 Å². The zero-order chi connectivity index (χ0) is 21.9. The van der Waals surface area contributed by atoms with E-state index in [9.17, 15) is 14.9 Å². The van der Waals surface area contributed by atoms with Gasteiger partial charge in [0, 0.05) is 19.5 Å². The molecule has 3 aromatic rings. The zero-order valence-corrected chi connectivity index (χ0v) is 20.6. The molecule has 0 atom stereocenters. The summed E-state index contributed by atoms with van der Waals surface area (Å²) in [7, 11) is 4.56. The predicted octanol–water partition coefficient (Wildman–Crippen LogP) is -1.10. The van der Waals surface area contributed by atoms with E-state index in [2.05, 4.69) is 11.1 Å². The van der Waals surface area contributed by atoms with E-state index in [1.165, 1.54) is 0 Å². The molecule has 0 spiro atoms. The summed E-state index contributed by atoms with van der Waals surface area (Å²) >= 11 is 0. The molecule has 8 heteroatoms. The molecule has 7 nitrogen and oxygen atoms in total. The van der Waals surface area contributed by atoms with E-state index in [1.54, 1.807) is 36.6 Å².